The van der Waals surface area contributed by atoms with Crippen molar-refractivity contribution in [1.29, 1.82) is 0 Å². The third-order valence-electron chi connectivity index (χ3n) is 0.627. The lowest BCUT2D eigenvalue weighted by Gasteiger charge is -2.06. The highest BCUT2D eigenvalue weighted by atomic mass is 31.1. The Hall–Kier alpha value is 0.0200. The molecular formula is C3H5O3P. The van der Waals surface area contributed by atoms with Crippen molar-refractivity contribution < 1.29 is 14.4 Å². The summed E-state index contributed by atoms with van der Waals surface area (Å²) >= 11 is 0. The van der Waals surface area contributed by atoms with E-state index in [0.717, 1.165) is 0 Å². The number of carbonyl (C=O) groups excluding carboxylic acids is 1. The van der Waals surface area contributed by atoms with Gasteiger partial charge in [-0.15, -0.1) is 0 Å². The summed E-state index contributed by atoms with van der Waals surface area (Å²) in [7, 11) is -0.0856. The van der Waals surface area contributed by atoms with Gasteiger partial charge in [-0.3, -0.25) is 4.79 Å². The number of hydrogen-bond acceptors (Lipinski definition) is 3. The molecule has 0 aromatic carbocycles. The lowest BCUT2D eigenvalue weighted by Crippen LogP contribution is -2.04. The van der Waals surface area contributed by atoms with Crippen LogP contribution >= 0.6 is 8.81 Å². The molecule has 1 aliphatic heterocycles. The van der Waals surface area contributed by atoms with Crippen molar-refractivity contribution in [3.8, 4) is 0 Å². The van der Waals surface area contributed by atoms with Gasteiger partial charge >= 0.3 is 0 Å². The topological polar surface area (TPSA) is 35.5 Å². The fraction of sp³-hybridized carbons (Fsp3) is 0.667. The van der Waals surface area contributed by atoms with Gasteiger partial charge in [0.2, 0.25) is 0 Å². The molecule has 40 valence electrons. The average Bonchev–Trinajstić information content (AvgIpc) is 1.69. The molecule has 0 radical (unpaired) electrons. The third kappa shape index (κ3) is 1.51. The van der Waals surface area contributed by atoms with Gasteiger partial charge in [-0.1, -0.05) is 0 Å². The van der Waals surface area contributed by atoms with Crippen LogP contribution in [0.4, 0.5) is 0 Å². The number of carbonyl (C=O) groups is 1. The molecule has 7 heavy (non-hydrogen) atoms. The largest absolute Gasteiger partial charge is 0.292 e. The van der Waals surface area contributed by atoms with Crippen molar-refractivity contribution in [2.75, 3.05) is 6.61 Å². The zero-order valence-corrected chi connectivity index (χ0v) is 4.64. The summed E-state index contributed by atoms with van der Waals surface area (Å²) in [5.41, 5.74) is 0.145. The quantitative estimate of drug-likeness (QED) is 0.344. The molecular weight excluding hydrogens is 115 g/mol. The molecule has 1 rings (SSSR count). The monoisotopic (exact) mass is 120 g/mol. The maximum absolute atomic E-state index is 10.3. The Bertz CT molecular complexity index is 74.2. The molecule has 0 aromatic rings. The van der Waals surface area contributed by atoms with Crippen LogP contribution in [0.3, 0.4) is 0 Å². The van der Waals surface area contributed by atoms with E-state index in [0.29, 0.717) is 13.0 Å². The summed E-state index contributed by atoms with van der Waals surface area (Å²) in [6.45, 7) is 0.422. The van der Waals surface area contributed by atoms with Gasteiger partial charge in [0.15, 0.2) is 5.52 Å². The van der Waals surface area contributed by atoms with Crippen molar-refractivity contribution >= 4 is 14.3 Å². The molecule has 1 fully saturated rings. The van der Waals surface area contributed by atoms with Gasteiger partial charge in [0.25, 0.3) is 0 Å². The van der Waals surface area contributed by atoms with E-state index in [1.807, 2.05) is 0 Å². The molecule has 0 N–H and O–H groups in total. The Morgan fingerprint density at radius 1 is 1.71 bits per heavy atom. The fourth-order valence-corrected chi connectivity index (χ4v) is 0.742. The van der Waals surface area contributed by atoms with Gasteiger partial charge in [-0.25, -0.2) is 9.56 Å². The second-order valence-corrected chi connectivity index (χ2v) is 2.11. The first-order chi connectivity index (χ1) is 3.39. The summed E-state index contributed by atoms with van der Waals surface area (Å²) < 4.78 is 4.36. The summed E-state index contributed by atoms with van der Waals surface area (Å²) in [5.74, 6) is 0. The molecule has 1 aliphatic rings. The molecule has 0 aliphatic carbocycles. The van der Waals surface area contributed by atoms with Crippen molar-refractivity contribution in [3.63, 3.8) is 0 Å². The Labute approximate surface area is 42.8 Å². The average molecular weight is 120 g/mol. The second kappa shape index (κ2) is 2.36. The first kappa shape index (κ1) is 5.16. The standard InChI is InChI=1S/C3H5O3P/c4-3-1-2-5-6-7-3/h7H,1-2H2. The van der Waals surface area contributed by atoms with E-state index >= 15 is 0 Å². The normalized spacial score (nSPS) is 26.0. The molecule has 1 atom stereocenters. The highest BCUT2D eigenvalue weighted by Gasteiger charge is 2.08. The van der Waals surface area contributed by atoms with Crippen LogP contribution in [0.25, 0.3) is 0 Å². The zero-order valence-electron chi connectivity index (χ0n) is 3.64. The van der Waals surface area contributed by atoms with E-state index in [1.165, 1.54) is 0 Å². The molecule has 1 unspecified atom stereocenters. The van der Waals surface area contributed by atoms with Crippen LogP contribution in [0.5, 0.6) is 0 Å². The highest BCUT2D eigenvalue weighted by Crippen LogP contribution is 2.20. The molecule has 1 saturated heterocycles. The molecule has 0 bridgehead atoms. The molecule has 3 nitrogen and oxygen atoms in total. The summed E-state index contributed by atoms with van der Waals surface area (Å²) in [4.78, 5) is 14.7. The van der Waals surface area contributed by atoms with Gasteiger partial charge in [0, 0.05) is 6.42 Å². The molecule has 4 heteroatoms. The lowest BCUT2D eigenvalue weighted by atomic mass is 10.5. The minimum atomic E-state index is -0.0856. The van der Waals surface area contributed by atoms with Gasteiger partial charge < -0.3 is 0 Å². The highest BCUT2D eigenvalue weighted by molar-refractivity contribution is 7.53. The molecule has 1 heterocycles. The third-order valence-corrected chi connectivity index (χ3v) is 1.31. The van der Waals surface area contributed by atoms with Crippen molar-refractivity contribution in [3.05, 3.63) is 0 Å². The van der Waals surface area contributed by atoms with E-state index in [2.05, 4.69) is 9.56 Å². The predicted molar refractivity (Wildman–Crippen MR) is 25.0 cm³/mol. The Morgan fingerprint density at radius 3 is 2.86 bits per heavy atom. The molecule has 0 spiro atoms. The van der Waals surface area contributed by atoms with Gasteiger partial charge in [-0.05, 0) is 0 Å². The lowest BCUT2D eigenvalue weighted by molar-refractivity contribution is -0.204. The Balaban J connectivity index is 2.25. The van der Waals surface area contributed by atoms with Crippen molar-refractivity contribution in [2.24, 2.45) is 0 Å². The van der Waals surface area contributed by atoms with Crippen LogP contribution in [0.2, 0.25) is 0 Å². The first-order valence-electron chi connectivity index (χ1n) is 1.97. The van der Waals surface area contributed by atoms with Gasteiger partial charge in [0.05, 0.1) is 6.61 Å². The van der Waals surface area contributed by atoms with Crippen LogP contribution in [-0.2, 0) is 14.4 Å². The Morgan fingerprint density at radius 2 is 2.57 bits per heavy atom. The SMILES string of the molecule is O=C1CCOOP1. The molecule has 0 aromatic heterocycles. The van der Waals surface area contributed by atoms with Gasteiger partial charge in [-0.2, -0.15) is 0 Å². The van der Waals surface area contributed by atoms with Crippen LogP contribution in [-0.4, -0.2) is 12.1 Å². The van der Waals surface area contributed by atoms with Crippen LogP contribution in [0, 0.1) is 0 Å². The Kier molecular flexibility index (Phi) is 1.74. The maximum Gasteiger partial charge on any atom is 0.184 e. The van der Waals surface area contributed by atoms with Gasteiger partial charge in [0.1, 0.15) is 8.81 Å². The van der Waals surface area contributed by atoms with E-state index < -0.39 is 0 Å². The van der Waals surface area contributed by atoms with E-state index in [-0.39, 0.29) is 14.3 Å². The predicted octanol–water partition coefficient (Wildman–Crippen LogP) is 0.458. The summed E-state index contributed by atoms with van der Waals surface area (Å²) in [5, 5.41) is 0. The smallest absolute Gasteiger partial charge is 0.184 e. The van der Waals surface area contributed by atoms with E-state index in [4.69, 9.17) is 0 Å². The fourth-order valence-electron chi connectivity index (χ4n) is 0.303. The maximum atomic E-state index is 10.3. The van der Waals surface area contributed by atoms with Crippen molar-refractivity contribution in [1.82, 2.24) is 0 Å². The van der Waals surface area contributed by atoms with Crippen LogP contribution in [0.15, 0.2) is 0 Å². The van der Waals surface area contributed by atoms with Crippen LogP contribution < -0.4 is 0 Å². The first-order valence-corrected chi connectivity index (χ1v) is 2.88. The summed E-state index contributed by atoms with van der Waals surface area (Å²) in [6.07, 6.45) is 0.512. The second-order valence-electron chi connectivity index (χ2n) is 1.18. The van der Waals surface area contributed by atoms with Crippen molar-refractivity contribution in [2.45, 2.75) is 6.42 Å². The van der Waals surface area contributed by atoms with Crippen LogP contribution in [0.1, 0.15) is 6.42 Å². The summed E-state index contributed by atoms with van der Waals surface area (Å²) in [6, 6.07) is 0. The minimum Gasteiger partial charge on any atom is -0.292 e. The molecule has 0 saturated carbocycles. The zero-order chi connectivity index (χ0) is 5.11. The number of rotatable bonds is 0. The minimum absolute atomic E-state index is 0.0856. The van der Waals surface area contributed by atoms with E-state index in [1.54, 1.807) is 0 Å². The van der Waals surface area contributed by atoms with E-state index in [9.17, 15) is 4.79 Å². The number of hydrogen-bond donors (Lipinski definition) is 0. The molecule has 0 amide bonds.